The van der Waals surface area contributed by atoms with E-state index in [4.69, 9.17) is 11.6 Å². The normalized spacial score (nSPS) is 13.1. The summed E-state index contributed by atoms with van der Waals surface area (Å²) in [4.78, 5) is 3.31. The second-order valence-electron chi connectivity index (χ2n) is 10.4. The van der Waals surface area contributed by atoms with Gasteiger partial charge in [-0.25, -0.2) is 0 Å². The molecule has 1 unspecified atom stereocenters. The quantitative estimate of drug-likeness (QED) is 0.179. The number of nitrogens with zero attached hydrogens (tertiary/aromatic N) is 3. The van der Waals surface area contributed by atoms with Crippen molar-refractivity contribution < 1.29 is 4.55 Å². The van der Waals surface area contributed by atoms with Gasteiger partial charge >= 0.3 is 0 Å². The summed E-state index contributed by atoms with van der Waals surface area (Å²) in [6.45, 7) is 8.51. The minimum absolute atomic E-state index is 0.149. The van der Waals surface area contributed by atoms with Gasteiger partial charge in [-0.2, -0.15) is 5.10 Å². The second-order valence-corrected chi connectivity index (χ2v) is 12.3. The summed E-state index contributed by atoms with van der Waals surface area (Å²) in [7, 11) is 0. The molecule has 1 N–H and O–H groups in total. The van der Waals surface area contributed by atoms with Crippen LogP contribution in [-0.2, 0) is 22.3 Å². The lowest BCUT2D eigenvalue weighted by atomic mass is 9.92. The van der Waals surface area contributed by atoms with Crippen molar-refractivity contribution in [2.75, 3.05) is 5.75 Å². The Morgan fingerprint density at radius 1 is 0.971 bits per heavy atom. The van der Waals surface area contributed by atoms with E-state index in [2.05, 4.69) is 48.9 Å². The van der Waals surface area contributed by atoms with Crippen LogP contribution in [0.15, 0.2) is 24.3 Å². The van der Waals surface area contributed by atoms with E-state index in [1.165, 1.54) is 57.8 Å². The fraction of sp³-hybridized carbons (Fsp3) is 0.630. The van der Waals surface area contributed by atoms with Gasteiger partial charge in [0.1, 0.15) is 16.5 Å². The molecule has 0 aliphatic heterocycles. The highest BCUT2D eigenvalue weighted by Crippen LogP contribution is 2.32. The number of halogens is 1. The van der Waals surface area contributed by atoms with Gasteiger partial charge < -0.3 is 9.54 Å². The Bertz CT molecular complexity index is 1020. The summed E-state index contributed by atoms with van der Waals surface area (Å²) < 4.78 is 14.2. The Labute approximate surface area is 213 Å². The summed E-state index contributed by atoms with van der Waals surface area (Å²) in [5.74, 6) is 2.07. The van der Waals surface area contributed by atoms with Crippen molar-refractivity contribution in [2.45, 2.75) is 103 Å². The highest BCUT2D eigenvalue weighted by molar-refractivity contribution is 7.90. The fourth-order valence-electron chi connectivity index (χ4n) is 4.22. The smallest absolute Gasteiger partial charge is 0.175 e. The van der Waals surface area contributed by atoms with E-state index in [1.54, 1.807) is 4.63 Å². The maximum absolute atomic E-state index is 12.6. The van der Waals surface area contributed by atoms with Crippen molar-refractivity contribution in [3.63, 3.8) is 0 Å². The first-order valence-electron chi connectivity index (χ1n) is 12.9. The third kappa shape index (κ3) is 7.76. The highest BCUT2D eigenvalue weighted by Gasteiger charge is 2.25. The molecule has 0 aliphatic carbocycles. The van der Waals surface area contributed by atoms with Gasteiger partial charge in [-0.15, -0.1) is 9.73 Å². The molecule has 7 heteroatoms. The predicted octanol–water partition coefficient (Wildman–Crippen LogP) is 7.84. The van der Waals surface area contributed by atoms with Crippen LogP contribution < -0.4 is 0 Å². The lowest BCUT2D eigenvalue weighted by Gasteiger charge is -2.14. The minimum atomic E-state index is -0.841. The van der Waals surface area contributed by atoms with Crippen LogP contribution in [0, 0.1) is 0 Å². The maximum Gasteiger partial charge on any atom is 0.175 e. The van der Waals surface area contributed by atoms with Crippen LogP contribution in [0.4, 0.5) is 0 Å². The lowest BCUT2D eigenvalue weighted by molar-refractivity contribution is 0.557. The molecule has 0 fully saturated rings. The molecule has 2 heterocycles. The van der Waals surface area contributed by atoms with Gasteiger partial charge in [0.05, 0.1) is 5.69 Å². The molecule has 1 atom stereocenters. The molecule has 0 saturated heterocycles. The summed E-state index contributed by atoms with van der Waals surface area (Å²) >= 11 is 5.72. The predicted molar refractivity (Wildman–Crippen MR) is 145 cm³/mol. The number of hydrogen-bond donors (Lipinski definition) is 1. The largest absolute Gasteiger partial charge is 0.616 e. The SMILES string of the molecule is CCCCCCCCCCCC[S+]([O-])Cc1cccc(-c2nn3nc(C(C)(C)C)c(Cl)c3[nH]2)c1. The van der Waals surface area contributed by atoms with Crippen LogP contribution in [0.1, 0.15) is 103 Å². The molecule has 0 aliphatic rings. The number of nitrogens with one attached hydrogen (secondary N) is 1. The van der Waals surface area contributed by atoms with Gasteiger partial charge in [-0.3, -0.25) is 0 Å². The molecule has 3 rings (SSSR count). The number of unbranched alkanes of at least 4 members (excludes halogenated alkanes) is 9. The number of aromatic amines is 1. The van der Waals surface area contributed by atoms with E-state index in [1.807, 2.05) is 18.2 Å². The summed E-state index contributed by atoms with van der Waals surface area (Å²) in [5, 5.41) is 9.78. The van der Waals surface area contributed by atoms with Crippen molar-refractivity contribution >= 4 is 28.4 Å². The third-order valence-electron chi connectivity index (χ3n) is 6.21. The number of fused-ring (bicyclic) bond motifs is 1. The molecule has 3 aromatic rings. The summed E-state index contributed by atoms with van der Waals surface area (Å²) in [5.41, 5.74) is 3.40. The van der Waals surface area contributed by atoms with E-state index in [9.17, 15) is 4.55 Å². The number of benzene rings is 1. The van der Waals surface area contributed by atoms with Gasteiger partial charge in [0.2, 0.25) is 0 Å². The van der Waals surface area contributed by atoms with E-state index in [0.717, 1.165) is 29.0 Å². The van der Waals surface area contributed by atoms with Gasteiger partial charge in [0.15, 0.2) is 11.5 Å². The fourth-order valence-corrected chi connectivity index (χ4v) is 5.89. The third-order valence-corrected chi connectivity index (χ3v) is 7.96. The Balaban J connectivity index is 1.45. The Morgan fingerprint density at radius 3 is 2.24 bits per heavy atom. The first kappa shape index (κ1) is 27.1. The average molecular weight is 505 g/mol. The molecular formula is C27H41ClN4OS. The highest BCUT2D eigenvalue weighted by atomic mass is 35.5. The zero-order valence-electron chi connectivity index (χ0n) is 21.3. The lowest BCUT2D eigenvalue weighted by Crippen LogP contribution is -2.13. The maximum atomic E-state index is 12.6. The molecule has 34 heavy (non-hydrogen) atoms. The number of aromatic nitrogens is 4. The van der Waals surface area contributed by atoms with Gasteiger partial charge in [0, 0.05) is 16.5 Å². The van der Waals surface area contributed by atoms with Crippen LogP contribution in [0.2, 0.25) is 5.02 Å². The molecule has 2 aromatic heterocycles. The van der Waals surface area contributed by atoms with Crippen molar-refractivity contribution in [3.05, 3.63) is 40.5 Å². The van der Waals surface area contributed by atoms with E-state index < -0.39 is 11.2 Å². The number of hydrogen-bond acceptors (Lipinski definition) is 3. The number of H-pyrrole nitrogens is 1. The van der Waals surface area contributed by atoms with Crippen LogP contribution in [0.25, 0.3) is 17.0 Å². The molecule has 0 bridgehead atoms. The van der Waals surface area contributed by atoms with Crippen LogP contribution in [0.3, 0.4) is 0 Å². The molecule has 0 saturated carbocycles. The summed E-state index contributed by atoms with van der Waals surface area (Å²) in [6.07, 6.45) is 13.0. The van der Waals surface area contributed by atoms with E-state index >= 15 is 0 Å². The zero-order valence-corrected chi connectivity index (χ0v) is 22.9. The van der Waals surface area contributed by atoms with Crippen LogP contribution in [0.5, 0.6) is 0 Å². The molecule has 0 amide bonds. The van der Waals surface area contributed by atoms with E-state index in [0.29, 0.717) is 22.2 Å². The zero-order chi connectivity index (χ0) is 24.6. The number of rotatable bonds is 14. The summed E-state index contributed by atoms with van der Waals surface area (Å²) in [6, 6.07) is 8.10. The van der Waals surface area contributed by atoms with Gasteiger partial charge in [0.25, 0.3) is 0 Å². The van der Waals surface area contributed by atoms with Gasteiger partial charge in [-0.05, 0) is 30.1 Å². The van der Waals surface area contributed by atoms with Crippen molar-refractivity contribution in [1.29, 1.82) is 0 Å². The molecule has 5 nitrogen and oxygen atoms in total. The van der Waals surface area contributed by atoms with Crippen molar-refractivity contribution in [1.82, 2.24) is 19.8 Å². The Hall–Kier alpha value is -1.50. The monoisotopic (exact) mass is 504 g/mol. The van der Waals surface area contributed by atoms with Crippen molar-refractivity contribution in [2.24, 2.45) is 0 Å². The topological polar surface area (TPSA) is 69.0 Å². The van der Waals surface area contributed by atoms with Crippen LogP contribution >= 0.6 is 11.6 Å². The van der Waals surface area contributed by atoms with Gasteiger partial charge in [-0.1, -0.05) is 109 Å². The minimum Gasteiger partial charge on any atom is -0.616 e. The standard InChI is InChI=1S/C27H41ClN4OS/c1-5-6-7-8-9-10-11-12-13-14-18-34(33)20-21-16-15-17-22(19-21)25-29-26-23(28)24(27(2,3)4)30-32(26)31-25/h15-17,19H,5-14,18,20H2,1-4H3,(H,29,31). The molecule has 0 spiro atoms. The first-order valence-corrected chi connectivity index (χ1v) is 14.8. The molecule has 188 valence electrons. The molecule has 0 radical (unpaired) electrons. The Morgan fingerprint density at radius 2 is 1.62 bits per heavy atom. The van der Waals surface area contributed by atoms with E-state index in [-0.39, 0.29) is 5.41 Å². The van der Waals surface area contributed by atoms with Crippen LogP contribution in [-0.4, -0.2) is 30.1 Å². The van der Waals surface area contributed by atoms with Crippen molar-refractivity contribution in [3.8, 4) is 11.4 Å². The molecular weight excluding hydrogens is 464 g/mol. The molecule has 1 aromatic carbocycles. The second kappa shape index (κ2) is 13.0. The first-order chi connectivity index (χ1) is 16.3. The average Bonchev–Trinajstić information content (AvgIpc) is 3.35. The Kier molecular flexibility index (Phi) is 10.3.